The largest absolute Gasteiger partial charge is 0.326 e. The molecule has 2 aromatic heterocycles. The van der Waals surface area contributed by atoms with Crippen molar-refractivity contribution in [2.24, 2.45) is 0 Å². The fraction of sp³-hybridized carbons (Fsp3) is 0.118. The zero-order valence-corrected chi connectivity index (χ0v) is 11.5. The quantitative estimate of drug-likeness (QED) is 0.796. The Morgan fingerprint density at radius 3 is 2.67 bits per heavy atom. The molecule has 1 aromatic carbocycles. The van der Waals surface area contributed by atoms with Crippen LogP contribution >= 0.6 is 0 Å². The fourth-order valence-corrected chi connectivity index (χ4v) is 2.15. The minimum Gasteiger partial charge on any atom is -0.326 e. The molecule has 0 atom stereocenters. The summed E-state index contributed by atoms with van der Waals surface area (Å²) in [6.45, 7) is 0. The molecule has 0 spiro atoms. The zero-order chi connectivity index (χ0) is 14.5. The van der Waals surface area contributed by atoms with Crippen LogP contribution in [0.25, 0.3) is 10.9 Å². The number of rotatable bonds is 4. The number of aryl methyl sites for hydroxylation is 1. The van der Waals surface area contributed by atoms with Gasteiger partial charge in [-0.2, -0.15) is 0 Å². The van der Waals surface area contributed by atoms with Crippen LogP contribution in [-0.4, -0.2) is 15.9 Å². The highest BCUT2D eigenvalue weighted by molar-refractivity contribution is 5.90. The van der Waals surface area contributed by atoms with E-state index < -0.39 is 0 Å². The van der Waals surface area contributed by atoms with E-state index >= 15 is 0 Å². The zero-order valence-electron chi connectivity index (χ0n) is 11.5. The molecule has 3 aromatic rings. The Hall–Kier alpha value is -2.75. The second-order valence-corrected chi connectivity index (χ2v) is 4.78. The van der Waals surface area contributed by atoms with Crippen molar-refractivity contribution in [1.29, 1.82) is 0 Å². The van der Waals surface area contributed by atoms with E-state index in [0.717, 1.165) is 22.3 Å². The lowest BCUT2D eigenvalue weighted by molar-refractivity contribution is -0.116. The second kappa shape index (κ2) is 6.13. The monoisotopic (exact) mass is 277 g/mol. The molecule has 0 unspecified atom stereocenters. The van der Waals surface area contributed by atoms with Crippen molar-refractivity contribution in [1.82, 2.24) is 9.97 Å². The molecule has 4 nitrogen and oxygen atoms in total. The minimum atomic E-state index is -0.0174. The number of anilines is 1. The third-order valence-corrected chi connectivity index (χ3v) is 3.23. The molecule has 104 valence electrons. The molecule has 0 radical (unpaired) electrons. The summed E-state index contributed by atoms with van der Waals surface area (Å²) in [6.07, 6.45) is 4.34. The Balaban J connectivity index is 1.62. The molecule has 3 rings (SSSR count). The maximum Gasteiger partial charge on any atom is 0.224 e. The smallest absolute Gasteiger partial charge is 0.224 e. The van der Waals surface area contributed by atoms with Crippen molar-refractivity contribution in [2.75, 3.05) is 5.32 Å². The summed E-state index contributed by atoms with van der Waals surface area (Å²) in [5.74, 6) is -0.0174. The van der Waals surface area contributed by atoms with Crippen molar-refractivity contribution in [2.45, 2.75) is 12.8 Å². The maximum atomic E-state index is 11.9. The SMILES string of the molecule is O=C(CCc1ccc2ccccc2n1)Nc1ccncc1. The van der Waals surface area contributed by atoms with Gasteiger partial charge >= 0.3 is 0 Å². The molecule has 4 heteroatoms. The van der Waals surface area contributed by atoms with Gasteiger partial charge < -0.3 is 5.32 Å². The molecule has 0 saturated heterocycles. The van der Waals surface area contributed by atoms with Crippen molar-refractivity contribution in [3.63, 3.8) is 0 Å². The van der Waals surface area contributed by atoms with E-state index in [1.165, 1.54) is 0 Å². The third-order valence-electron chi connectivity index (χ3n) is 3.23. The van der Waals surface area contributed by atoms with Gasteiger partial charge in [-0.15, -0.1) is 0 Å². The van der Waals surface area contributed by atoms with Crippen molar-refractivity contribution in [3.8, 4) is 0 Å². The Morgan fingerprint density at radius 1 is 1.00 bits per heavy atom. The molecule has 0 aliphatic rings. The van der Waals surface area contributed by atoms with Crippen LogP contribution in [0.5, 0.6) is 0 Å². The van der Waals surface area contributed by atoms with E-state index in [9.17, 15) is 4.79 Å². The number of nitrogens with one attached hydrogen (secondary N) is 1. The first-order chi connectivity index (χ1) is 10.3. The number of pyridine rings is 2. The number of hydrogen-bond donors (Lipinski definition) is 1. The Labute approximate surface area is 122 Å². The van der Waals surface area contributed by atoms with E-state index in [1.807, 2.05) is 36.4 Å². The van der Waals surface area contributed by atoms with Gasteiger partial charge in [0.15, 0.2) is 0 Å². The van der Waals surface area contributed by atoms with Crippen molar-refractivity contribution < 1.29 is 4.79 Å². The highest BCUT2D eigenvalue weighted by Crippen LogP contribution is 2.13. The summed E-state index contributed by atoms with van der Waals surface area (Å²) in [5.41, 5.74) is 2.66. The summed E-state index contributed by atoms with van der Waals surface area (Å²) >= 11 is 0. The van der Waals surface area contributed by atoms with Gasteiger partial charge in [0, 0.05) is 35.6 Å². The Morgan fingerprint density at radius 2 is 1.81 bits per heavy atom. The average Bonchev–Trinajstić information content (AvgIpc) is 2.54. The molecule has 1 amide bonds. The summed E-state index contributed by atoms with van der Waals surface area (Å²) in [6, 6.07) is 15.5. The lowest BCUT2D eigenvalue weighted by Crippen LogP contribution is -2.12. The summed E-state index contributed by atoms with van der Waals surface area (Å²) in [5, 5.41) is 3.96. The summed E-state index contributed by atoms with van der Waals surface area (Å²) in [7, 11) is 0. The van der Waals surface area contributed by atoms with Crippen molar-refractivity contribution in [3.05, 3.63) is 66.6 Å². The van der Waals surface area contributed by atoms with Gasteiger partial charge in [0.1, 0.15) is 0 Å². The number of nitrogens with zero attached hydrogens (tertiary/aromatic N) is 2. The van der Waals surface area contributed by atoms with Crippen LogP contribution in [0, 0.1) is 0 Å². The van der Waals surface area contributed by atoms with E-state index in [4.69, 9.17) is 0 Å². The van der Waals surface area contributed by atoms with E-state index in [2.05, 4.69) is 15.3 Å². The molecule has 0 fully saturated rings. The average molecular weight is 277 g/mol. The second-order valence-electron chi connectivity index (χ2n) is 4.78. The van der Waals surface area contributed by atoms with E-state index in [1.54, 1.807) is 24.5 Å². The first kappa shape index (κ1) is 13.2. The summed E-state index contributed by atoms with van der Waals surface area (Å²) < 4.78 is 0. The number of fused-ring (bicyclic) bond motifs is 1. The molecular weight excluding hydrogens is 262 g/mol. The lowest BCUT2D eigenvalue weighted by Gasteiger charge is -2.05. The topological polar surface area (TPSA) is 54.9 Å². The fourth-order valence-electron chi connectivity index (χ4n) is 2.15. The maximum absolute atomic E-state index is 11.9. The van der Waals surface area contributed by atoms with Crippen LogP contribution in [0.1, 0.15) is 12.1 Å². The van der Waals surface area contributed by atoms with E-state index in [0.29, 0.717) is 12.8 Å². The number of carbonyl (C=O) groups is 1. The van der Waals surface area contributed by atoms with Crippen LogP contribution in [0.2, 0.25) is 0 Å². The van der Waals surface area contributed by atoms with E-state index in [-0.39, 0.29) is 5.91 Å². The van der Waals surface area contributed by atoms with Crippen LogP contribution < -0.4 is 5.32 Å². The highest BCUT2D eigenvalue weighted by atomic mass is 16.1. The minimum absolute atomic E-state index is 0.0174. The number of hydrogen-bond acceptors (Lipinski definition) is 3. The van der Waals surface area contributed by atoms with Gasteiger partial charge in [-0.3, -0.25) is 14.8 Å². The van der Waals surface area contributed by atoms with Gasteiger partial charge in [-0.25, -0.2) is 0 Å². The van der Waals surface area contributed by atoms with Crippen LogP contribution in [-0.2, 0) is 11.2 Å². The number of carbonyl (C=O) groups excluding carboxylic acids is 1. The van der Waals surface area contributed by atoms with Gasteiger partial charge in [0.25, 0.3) is 0 Å². The van der Waals surface area contributed by atoms with Gasteiger partial charge in [-0.05, 0) is 30.7 Å². The standard InChI is InChI=1S/C17H15N3O/c21-17(20-15-9-11-18-12-10-15)8-7-14-6-5-13-3-1-2-4-16(13)19-14/h1-6,9-12H,7-8H2,(H,18,20,21). The first-order valence-electron chi connectivity index (χ1n) is 6.86. The molecule has 1 N–H and O–H groups in total. The number of benzene rings is 1. The molecule has 0 saturated carbocycles. The molecular formula is C17H15N3O. The first-order valence-corrected chi connectivity index (χ1v) is 6.86. The molecule has 2 heterocycles. The highest BCUT2D eigenvalue weighted by Gasteiger charge is 2.04. The molecule has 0 aliphatic carbocycles. The normalized spacial score (nSPS) is 10.5. The van der Waals surface area contributed by atoms with Crippen LogP contribution in [0.3, 0.4) is 0 Å². The molecule has 0 bridgehead atoms. The predicted molar refractivity (Wildman–Crippen MR) is 82.9 cm³/mol. The summed E-state index contributed by atoms with van der Waals surface area (Å²) in [4.78, 5) is 20.4. The van der Waals surface area contributed by atoms with Crippen molar-refractivity contribution >= 4 is 22.5 Å². The number of para-hydroxylation sites is 1. The third kappa shape index (κ3) is 3.42. The van der Waals surface area contributed by atoms with Gasteiger partial charge in [0.05, 0.1) is 5.52 Å². The predicted octanol–water partition coefficient (Wildman–Crippen LogP) is 3.20. The van der Waals surface area contributed by atoms with Crippen LogP contribution in [0.4, 0.5) is 5.69 Å². The Bertz CT molecular complexity index is 756. The van der Waals surface area contributed by atoms with Gasteiger partial charge in [0.2, 0.25) is 5.91 Å². The Kier molecular flexibility index (Phi) is 3.87. The molecule has 21 heavy (non-hydrogen) atoms. The lowest BCUT2D eigenvalue weighted by atomic mass is 10.1. The number of amides is 1. The molecule has 0 aliphatic heterocycles. The van der Waals surface area contributed by atoms with Gasteiger partial charge in [-0.1, -0.05) is 24.3 Å². The number of aromatic nitrogens is 2. The van der Waals surface area contributed by atoms with Crippen LogP contribution in [0.15, 0.2) is 60.9 Å².